The predicted molar refractivity (Wildman–Crippen MR) is 99.5 cm³/mol. The second-order valence-electron chi connectivity index (χ2n) is 6.25. The lowest BCUT2D eigenvalue weighted by Gasteiger charge is -2.15. The molecule has 0 atom stereocenters. The summed E-state index contributed by atoms with van der Waals surface area (Å²) in [6.45, 7) is 5.36. The number of fused-ring (bicyclic) bond motifs is 1. The minimum atomic E-state index is -0.228. The fraction of sp³-hybridized carbons (Fsp3) is 0.474. The number of benzene rings is 1. The molecule has 1 aliphatic heterocycles. The maximum Gasteiger partial charge on any atom is 0.319 e. The van der Waals surface area contributed by atoms with Gasteiger partial charge in [0.2, 0.25) is 0 Å². The van der Waals surface area contributed by atoms with Gasteiger partial charge in [-0.1, -0.05) is 13.3 Å². The fourth-order valence-corrected chi connectivity index (χ4v) is 2.82. The van der Waals surface area contributed by atoms with Crippen LogP contribution in [0.4, 0.5) is 10.5 Å². The molecule has 0 saturated carbocycles. The van der Waals surface area contributed by atoms with E-state index in [-0.39, 0.29) is 6.03 Å². The molecule has 2 aromatic rings. The van der Waals surface area contributed by atoms with Crippen LogP contribution >= 0.6 is 0 Å². The quantitative estimate of drug-likeness (QED) is 0.711. The normalized spacial score (nSPS) is 13.1. The molecule has 140 valence electrons. The first-order chi connectivity index (χ1) is 12.8. The lowest BCUT2D eigenvalue weighted by Crippen LogP contribution is -2.32. The van der Waals surface area contributed by atoms with Gasteiger partial charge in [-0.15, -0.1) is 0 Å². The standard InChI is InChI=1S/C19H26N4O3/c1-2-3-11-26-17-6-4-16(5-7-17)22-19(24)20-9-10-23-18-8-12-25-14-15(18)13-21-23/h4-7,13H,2-3,8-12,14H2,1H3,(H2,20,22,24). The number of aromatic nitrogens is 2. The molecular weight excluding hydrogens is 332 g/mol. The lowest BCUT2D eigenvalue weighted by molar-refractivity contribution is 0.109. The van der Waals surface area contributed by atoms with Crippen molar-refractivity contribution in [2.45, 2.75) is 39.3 Å². The number of hydrogen-bond donors (Lipinski definition) is 2. The summed E-state index contributed by atoms with van der Waals surface area (Å²) in [4.78, 5) is 12.0. The summed E-state index contributed by atoms with van der Waals surface area (Å²) in [5.74, 6) is 0.817. The summed E-state index contributed by atoms with van der Waals surface area (Å²) >= 11 is 0. The van der Waals surface area contributed by atoms with Gasteiger partial charge in [0.15, 0.2) is 0 Å². The first-order valence-electron chi connectivity index (χ1n) is 9.15. The molecule has 0 unspecified atom stereocenters. The van der Waals surface area contributed by atoms with Gasteiger partial charge in [0.1, 0.15) is 5.75 Å². The number of nitrogens with zero attached hydrogens (tertiary/aromatic N) is 2. The average Bonchev–Trinajstić information content (AvgIpc) is 3.07. The lowest BCUT2D eigenvalue weighted by atomic mass is 10.2. The molecule has 2 amide bonds. The van der Waals surface area contributed by atoms with Crippen molar-refractivity contribution in [2.24, 2.45) is 0 Å². The van der Waals surface area contributed by atoms with Crippen molar-refractivity contribution in [3.8, 4) is 5.75 Å². The highest BCUT2D eigenvalue weighted by Crippen LogP contribution is 2.17. The van der Waals surface area contributed by atoms with Crippen LogP contribution in [0.1, 0.15) is 31.0 Å². The van der Waals surface area contributed by atoms with Crippen LogP contribution < -0.4 is 15.4 Å². The average molecular weight is 358 g/mol. The largest absolute Gasteiger partial charge is 0.494 e. The van der Waals surface area contributed by atoms with Crippen molar-refractivity contribution in [2.75, 3.05) is 25.1 Å². The monoisotopic (exact) mass is 358 g/mol. The van der Waals surface area contributed by atoms with Gasteiger partial charge < -0.3 is 20.1 Å². The van der Waals surface area contributed by atoms with E-state index in [4.69, 9.17) is 9.47 Å². The predicted octanol–water partition coefficient (Wildman–Crippen LogP) is 2.96. The Morgan fingerprint density at radius 2 is 2.19 bits per heavy atom. The summed E-state index contributed by atoms with van der Waals surface area (Å²) in [6, 6.07) is 7.18. The topological polar surface area (TPSA) is 77.4 Å². The molecule has 3 rings (SSSR count). The number of rotatable bonds is 8. The zero-order chi connectivity index (χ0) is 18.2. The van der Waals surface area contributed by atoms with Crippen molar-refractivity contribution < 1.29 is 14.3 Å². The molecule has 0 fully saturated rings. The van der Waals surface area contributed by atoms with Crippen LogP contribution in [0.15, 0.2) is 30.5 Å². The molecular formula is C19H26N4O3. The Bertz CT molecular complexity index is 712. The molecule has 0 aliphatic carbocycles. The van der Waals surface area contributed by atoms with Crippen LogP contribution in [0.5, 0.6) is 5.75 Å². The minimum absolute atomic E-state index is 0.228. The van der Waals surface area contributed by atoms with Gasteiger partial charge in [0.25, 0.3) is 0 Å². The number of hydrogen-bond acceptors (Lipinski definition) is 4. The minimum Gasteiger partial charge on any atom is -0.494 e. The highest BCUT2D eigenvalue weighted by molar-refractivity contribution is 5.89. The van der Waals surface area contributed by atoms with Gasteiger partial charge >= 0.3 is 6.03 Å². The Morgan fingerprint density at radius 1 is 1.35 bits per heavy atom. The molecule has 0 radical (unpaired) electrons. The summed E-state index contributed by atoms with van der Waals surface area (Å²) < 4.78 is 13.0. The first kappa shape index (κ1) is 18.3. The first-order valence-corrected chi connectivity index (χ1v) is 9.15. The van der Waals surface area contributed by atoms with Crippen molar-refractivity contribution in [1.82, 2.24) is 15.1 Å². The van der Waals surface area contributed by atoms with E-state index < -0.39 is 0 Å². The fourth-order valence-electron chi connectivity index (χ4n) is 2.82. The van der Waals surface area contributed by atoms with E-state index in [0.717, 1.165) is 42.9 Å². The third kappa shape index (κ3) is 4.98. The van der Waals surface area contributed by atoms with Gasteiger partial charge in [-0.3, -0.25) is 4.68 Å². The molecule has 2 N–H and O–H groups in total. The van der Waals surface area contributed by atoms with Crippen molar-refractivity contribution in [3.63, 3.8) is 0 Å². The Hall–Kier alpha value is -2.54. The van der Waals surface area contributed by atoms with Crippen LogP contribution in [-0.4, -0.2) is 35.6 Å². The van der Waals surface area contributed by atoms with Crippen LogP contribution in [0.25, 0.3) is 0 Å². The summed E-state index contributed by atoms with van der Waals surface area (Å²) in [5, 5.41) is 10.1. The van der Waals surface area contributed by atoms with E-state index in [0.29, 0.717) is 26.3 Å². The molecule has 7 nitrogen and oxygen atoms in total. The molecule has 1 aliphatic rings. The highest BCUT2D eigenvalue weighted by Gasteiger charge is 2.15. The summed E-state index contributed by atoms with van der Waals surface area (Å²) in [5.41, 5.74) is 3.08. The number of carbonyl (C=O) groups excluding carboxylic acids is 1. The SMILES string of the molecule is CCCCOc1ccc(NC(=O)NCCn2ncc3c2CCOC3)cc1. The Kier molecular flexibility index (Phi) is 6.49. The number of nitrogens with one attached hydrogen (secondary N) is 2. The summed E-state index contributed by atoms with van der Waals surface area (Å²) in [6.07, 6.45) is 4.86. The number of carbonyl (C=O) groups is 1. The number of amides is 2. The maximum absolute atomic E-state index is 12.0. The second-order valence-corrected chi connectivity index (χ2v) is 6.25. The van der Waals surface area contributed by atoms with Crippen molar-refractivity contribution in [3.05, 3.63) is 41.7 Å². The smallest absolute Gasteiger partial charge is 0.319 e. The Balaban J connectivity index is 1.40. The number of anilines is 1. The van der Waals surface area contributed by atoms with Crippen molar-refractivity contribution >= 4 is 11.7 Å². The molecule has 2 heterocycles. The number of urea groups is 1. The van der Waals surface area contributed by atoms with E-state index in [1.165, 1.54) is 5.69 Å². The number of ether oxygens (including phenoxy) is 2. The van der Waals surface area contributed by atoms with E-state index in [9.17, 15) is 4.79 Å². The molecule has 0 spiro atoms. The van der Waals surface area contributed by atoms with Crippen molar-refractivity contribution in [1.29, 1.82) is 0 Å². The van der Waals surface area contributed by atoms with Gasteiger partial charge in [-0.2, -0.15) is 5.10 Å². The van der Waals surface area contributed by atoms with Gasteiger partial charge in [-0.25, -0.2) is 4.79 Å². The Labute approximate surface area is 153 Å². The Morgan fingerprint density at radius 3 is 3.00 bits per heavy atom. The summed E-state index contributed by atoms with van der Waals surface area (Å²) in [7, 11) is 0. The highest BCUT2D eigenvalue weighted by atomic mass is 16.5. The van der Waals surface area contributed by atoms with Gasteiger partial charge in [-0.05, 0) is 30.7 Å². The van der Waals surface area contributed by atoms with E-state index in [1.54, 1.807) is 0 Å². The van der Waals surface area contributed by atoms with Crippen LogP contribution in [0, 0.1) is 0 Å². The number of unbranched alkanes of at least 4 members (excludes halogenated alkanes) is 1. The third-order valence-corrected chi connectivity index (χ3v) is 4.26. The van der Waals surface area contributed by atoms with E-state index in [2.05, 4.69) is 22.7 Å². The molecule has 26 heavy (non-hydrogen) atoms. The molecule has 0 bridgehead atoms. The van der Waals surface area contributed by atoms with Crippen LogP contribution in [0.3, 0.4) is 0 Å². The molecule has 7 heteroatoms. The third-order valence-electron chi connectivity index (χ3n) is 4.26. The van der Waals surface area contributed by atoms with Gasteiger partial charge in [0, 0.05) is 29.9 Å². The second kappa shape index (κ2) is 9.24. The maximum atomic E-state index is 12.0. The zero-order valence-electron chi connectivity index (χ0n) is 15.2. The van der Waals surface area contributed by atoms with Gasteiger partial charge in [0.05, 0.1) is 32.6 Å². The molecule has 1 aromatic heterocycles. The molecule has 1 aromatic carbocycles. The van der Waals surface area contributed by atoms with E-state index >= 15 is 0 Å². The van der Waals surface area contributed by atoms with E-state index in [1.807, 2.05) is 35.1 Å². The van der Waals surface area contributed by atoms with Crippen LogP contribution in [-0.2, 0) is 24.3 Å². The zero-order valence-corrected chi connectivity index (χ0v) is 15.2. The van der Waals surface area contributed by atoms with Crippen LogP contribution in [0.2, 0.25) is 0 Å². The molecule has 0 saturated heterocycles.